The second kappa shape index (κ2) is 9.61. The van der Waals surface area contributed by atoms with Gasteiger partial charge < -0.3 is 14.2 Å². The first-order valence-electron chi connectivity index (χ1n) is 8.20. The van der Waals surface area contributed by atoms with E-state index in [2.05, 4.69) is 19.7 Å². The van der Waals surface area contributed by atoms with Gasteiger partial charge in [-0.25, -0.2) is 14.4 Å². The Hall–Kier alpha value is -4.26. The quantitative estimate of drug-likeness (QED) is 0.295. The van der Waals surface area contributed by atoms with Gasteiger partial charge in [-0.15, -0.1) is 0 Å². The summed E-state index contributed by atoms with van der Waals surface area (Å²) in [5.41, 5.74) is 0.192. The van der Waals surface area contributed by atoms with E-state index in [1.54, 1.807) is 30.3 Å². The zero-order chi connectivity index (χ0) is 21.4. The predicted molar refractivity (Wildman–Crippen MR) is 104 cm³/mol. The fourth-order valence-corrected chi connectivity index (χ4v) is 2.18. The highest BCUT2D eigenvalue weighted by atomic mass is 16.6. The molecule has 0 amide bonds. The van der Waals surface area contributed by atoms with E-state index in [-0.39, 0.29) is 11.3 Å². The zero-order valence-electron chi connectivity index (χ0n) is 15.3. The SMILES string of the molecule is C=CC(=O)Oc1ccc(C(=O)c2ccccc2)c(OC(=O)C=C)c1OC(=O)C=C. The van der Waals surface area contributed by atoms with Crippen molar-refractivity contribution in [2.75, 3.05) is 0 Å². The van der Waals surface area contributed by atoms with E-state index >= 15 is 0 Å². The molecule has 0 aromatic heterocycles. The van der Waals surface area contributed by atoms with Crippen LogP contribution in [0.3, 0.4) is 0 Å². The second-order valence-electron chi connectivity index (χ2n) is 5.34. The van der Waals surface area contributed by atoms with E-state index in [9.17, 15) is 19.2 Å². The number of esters is 3. The molecule has 7 nitrogen and oxygen atoms in total. The molecule has 0 saturated carbocycles. The fourth-order valence-electron chi connectivity index (χ4n) is 2.18. The number of rotatable bonds is 8. The van der Waals surface area contributed by atoms with Gasteiger partial charge in [0.1, 0.15) is 0 Å². The van der Waals surface area contributed by atoms with E-state index in [1.807, 2.05) is 0 Å². The van der Waals surface area contributed by atoms with Gasteiger partial charge in [0.2, 0.25) is 5.75 Å². The first kappa shape index (κ1) is 21.0. The number of carbonyl (C=O) groups excluding carboxylic acids is 4. The van der Waals surface area contributed by atoms with Crippen LogP contribution < -0.4 is 14.2 Å². The lowest BCUT2D eigenvalue weighted by Crippen LogP contribution is -2.15. The highest BCUT2D eigenvalue weighted by Gasteiger charge is 2.26. The lowest BCUT2D eigenvalue weighted by atomic mass is 10.0. The molecule has 0 radical (unpaired) electrons. The number of ketones is 1. The van der Waals surface area contributed by atoms with Crippen molar-refractivity contribution in [1.82, 2.24) is 0 Å². The number of benzene rings is 2. The largest absolute Gasteiger partial charge is 0.419 e. The van der Waals surface area contributed by atoms with Crippen molar-refractivity contribution in [3.63, 3.8) is 0 Å². The molecule has 0 aliphatic rings. The molecule has 0 fully saturated rings. The number of hydrogen-bond acceptors (Lipinski definition) is 7. The Morgan fingerprint density at radius 1 is 0.655 bits per heavy atom. The predicted octanol–water partition coefficient (Wildman–Crippen LogP) is 3.19. The minimum atomic E-state index is -0.930. The maximum absolute atomic E-state index is 12.9. The van der Waals surface area contributed by atoms with Crippen molar-refractivity contribution in [1.29, 1.82) is 0 Å². The van der Waals surface area contributed by atoms with Crippen LogP contribution in [0.25, 0.3) is 0 Å². The van der Waals surface area contributed by atoms with E-state index in [4.69, 9.17) is 14.2 Å². The molecule has 0 atom stereocenters. The summed E-state index contributed by atoms with van der Waals surface area (Å²) in [5.74, 6) is -4.34. The van der Waals surface area contributed by atoms with Gasteiger partial charge in [-0.05, 0) is 12.1 Å². The van der Waals surface area contributed by atoms with Gasteiger partial charge in [-0.3, -0.25) is 4.79 Å². The van der Waals surface area contributed by atoms with Crippen LogP contribution in [0.15, 0.2) is 80.4 Å². The molecule has 0 saturated heterocycles. The molecule has 0 heterocycles. The summed E-state index contributed by atoms with van der Waals surface area (Å²) in [5, 5.41) is 0. The number of ether oxygens (including phenoxy) is 3. The smallest absolute Gasteiger partial charge is 0.335 e. The topological polar surface area (TPSA) is 96.0 Å². The average Bonchev–Trinajstić information content (AvgIpc) is 2.75. The molecule has 0 spiro atoms. The van der Waals surface area contributed by atoms with E-state index < -0.39 is 35.2 Å². The summed E-state index contributed by atoms with van der Waals surface area (Å²) in [4.78, 5) is 48.2. The molecule has 146 valence electrons. The van der Waals surface area contributed by atoms with Crippen LogP contribution in [0, 0.1) is 0 Å². The van der Waals surface area contributed by atoms with Crippen LogP contribution in [0.2, 0.25) is 0 Å². The summed E-state index contributed by atoms with van der Waals surface area (Å²) in [6.45, 7) is 9.87. The summed E-state index contributed by atoms with van der Waals surface area (Å²) < 4.78 is 15.3. The van der Waals surface area contributed by atoms with E-state index in [0.29, 0.717) is 5.56 Å². The van der Waals surface area contributed by atoms with E-state index in [1.165, 1.54) is 12.1 Å². The minimum absolute atomic E-state index is 0.100. The lowest BCUT2D eigenvalue weighted by Gasteiger charge is -2.16. The number of hydrogen-bond donors (Lipinski definition) is 0. The van der Waals surface area contributed by atoms with Crippen molar-refractivity contribution in [2.45, 2.75) is 0 Å². The Kier molecular flexibility index (Phi) is 6.97. The molecule has 29 heavy (non-hydrogen) atoms. The van der Waals surface area contributed by atoms with Crippen molar-refractivity contribution < 1.29 is 33.4 Å². The molecule has 0 aliphatic carbocycles. The Bertz CT molecular complexity index is 1000. The molecule has 0 aliphatic heterocycles. The summed E-state index contributed by atoms with van der Waals surface area (Å²) in [7, 11) is 0. The van der Waals surface area contributed by atoms with E-state index in [0.717, 1.165) is 18.2 Å². The molecule has 0 N–H and O–H groups in total. The minimum Gasteiger partial charge on any atom is -0.419 e. The summed E-state index contributed by atoms with van der Waals surface area (Å²) in [6.07, 6.45) is 2.60. The Morgan fingerprint density at radius 2 is 1.17 bits per heavy atom. The van der Waals surface area contributed by atoms with Gasteiger partial charge in [-0.1, -0.05) is 50.1 Å². The molecule has 2 aromatic rings. The third-order valence-corrected chi connectivity index (χ3v) is 3.47. The highest BCUT2D eigenvalue weighted by Crippen LogP contribution is 2.41. The van der Waals surface area contributed by atoms with Crippen LogP contribution in [0.5, 0.6) is 17.2 Å². The standard InChI is InChI=1S/C22H16O7/c1-4-17(23)27-16-13-12-15(20(26)14-10-8-7-9-11-14)21(28-18(24)5-2)22(16)29-19(25)6-3/h4-13H,1-3H2. The first-order chi connectivity index (χ1) is 13.9. The lowest BCUT2D eigenvalue weighted by molar-refractivity contribution is -0.132. The van der Waals surface area contributed by atoms with Crippen LogP contribution in [0.4, 0.5) is 0 Å². The van der Waals surface area contributed by atoms with Crippen LogP contribution in [-0.4, -0.2) is 23.7 Å². The van der Waals surface area contributed by atoms with Crippen LogP contribution in [-0.2, 0) is 14.4 Å². The Balaban J connectivity index is 2.71. The Morgan fingerprint density at radius 3 is 1.72 bits per heavy atom. The van der Waals surface area contributed by atoms with Crippen LogP contribution >= 0.6 is 0 Å². The zero-order valence-corrected chi connectivity index (χ0v) is 15.3. The third-order valence-electron chi connectivity index (χ3n) is 3.47. The first-order valence-corrected chi connectivity index (χ1v) is 8.20. The monoisotopic (exact) mass is 392 g/mol. The Labute approximate surface area is 166 Å². The average molecular weight is 392 g/mol. The van der Waals surface area contributed by atoms with Crippen molar-refractivity contribution >= 4 is 23.7 Å². The van der Waals surface area contributed by atoms with Crippen molar-refractivity contribution in [2.24, 2.45) is 0 Å². The third kappa shape index (κ3) is 5.14. The molecule has 7 heteroatoms. The van der Waals surface area contributed by atoms with Gasteiger partial charge in [0.25, 0.3) is 0 Å². The molecular weight excluding hydrogens is 376 g/mol. The van der Waals surface area contributed by atoms with Gasteiger partial charge in [0, 0.05) is 23.8 Å². The number of carbonyl (C=O) groups is 4. The van der Waals surface area contributed by atoms with Gasteiger partial charge in [0.15, 0.2) is 17.3 Å². The maximum atomic E-state index is 12.9. The molecule has 2 aromatic carbocycles. The van der Waals surface area contributed by atoms with Gasteiger partial charge in [0.05, 0.1) is 5.56 Å². The molecule has 2 rings (SSSR count). The summed E-state index contributed by atoms with van der Waals surface area (Å²) >= 11 is 0. The molecule has 0 bridgehead atoms. The highest BCUT2D eigenvalue weighted by molar-refractivity contribution is 6.12. The normalized spacial score (nSPS) is 9.66. The van der Waals surface area contributed by atoms with Gasteiger partial charge >= 0.3 is 17.9 Å². The second-order valence-corrected chi connectivity index (χ2v) is 5.34. The molecular formula is C22H16O7. The van der Waals surface area contributed by atoms with Crippen molar-refractivity contribution in [3.8, 4) is 17.2 Å². The van der Waals surface area contributed by atoms with Crippen molar-refractivity contribution in [3.05, 3.63) is 91.6 Å². The molecule has 0 unspecified atom stereocenters. The summed E-state index contributed by atoms with van der Waals surface area (Å²) in [6, 6.07) is 10.7. The van der Waals surface area contributed by atoms with Gasteiger partial charge in [-0.2, -0.15) is 0 Å². The fraction of sp³-hybridized carbons (Fsp3) is 0. The van der Waals surface area contributed by atoms with Crippen LogP contribution in [0.1, 0.15) is 15.9 Å². The maximum Gasteiger partial charge on any atom is 0.335 e.